The summed E-state index contributed by atoms with van der Waals surface area (Å²) in [6.45, 7) is 0.215. The fraction of sp³-hybridized carbons (Fsp3) is 0.0455. The van der Waals surface area contributed by atoms with Crippen LogP contribution >= 0.6 is 27.5 Å². The second-order valence-corrected chi connectivity index (χ2v) is 7.14. The average molecular weight is 461 g/mol. The van der Waals surface area contributed by atoms with Crippen LogP contribution in [0, 0.1) is 23.0 Å². The van der Waals surface area contributed by atoms with Crippen LogP contribution < -0.4 is 4.74 Å². The number of halogens is 4. The summed E-state index contributed by atoms with van der Waals surface area (Å²) < 4.78 is 33.3. The monoisotopic (exact) mass is 459 g/mol. The summed E-state index contributed by atoms with van der Waals surface area (Å²) >= 11 is 9.74. The summed E-state index contributed by atoms with van der Waals surface area (Å²) in [4.78, 5) is 0. The van der Waals surface area contributed by atoms with E-state index in [4.69, 9.17) is 16.3 Å². The molecule has 3 rings (SSSR count). The molecule has 0 heterocycles. The van der Waals surface area contributed by atoms with Crippen molar-refractivity contribution in [3.63, 3.8) is 0 Å². The Bertz CT molecular complexity index is 1050. The number of nitrogens with zero attached hydrogens (tertiary/aromatic N) is 1. The quantitative estimate of drug-likeness (QED) is 0.303. The van der Waals surface area contributed by atoms with E-state index in [1.54, 1.807) is 48.5 Å². The molecule has 6 heteroatoms. The molecule has 0 aromatic heterocycles. The van der Waals surface area contributed by atoms with Crippen molar-refractivity contribution in [2.75, 3.05) is 0 Å². The molecule has 2 nitrogen and oxygen atoms in total. The zero-order chi connectivity index (χ0) is 20.1. The summed E-state index contributed by atoms with van der Waals surface area (Å²) in [7, 11) is 0. The third kappa shape index (κ3) is 4.78. The van der Waals surface area contributed by atoms with E-state index in [0.717, 1.165) is 5.56 Å². The standard InChI is InChI=1S/C22H13BrClF2NO/c23-19-10-15(9-16(12-27)18-3-1-2-4-21(18)26)11-20(24)22(19)28-13-14-5-7-17(25)8-6-14/h1-11H,13H2. The third-order valence-corrected chi connectivity index (χ3v) is 4.78. The topological polar surface area (TPSA) is 33.0 Å². The summed E-state index contributed by atoms with van der Waals surface area (Å²) in [6.07, 6.45) is 1.55. The van der Waals surface area contributed by atoms with Crippen LogP contribution in [0.3, 0.4) is 0 Å². The molecule has 0 fully saturated rings. The lowest BCUT2D eigenvalue weighted by Gasteiger charge is -2.11. The Labute approximate surface area is 174 Å². The van der Waals surface area contributed by atoms with Crippen LogP contribution in [-0.4, -0.2) is 0 Å². The maximum absolute atomic E-state index is 14.0. The van der Waals surface area contributed by atoms with Gasteiger partial charge >= 0.3 is 0 Å². The molecule has 0 aliphatic heterocycles. The molecule has 0 atom stereocenters. The maximum atomic E-state index is 14.0. The van der Waals surface area contributed by atoms with Gasteiger partial charge in [0, 0.05) is 5.56 Å². The molecule has 0 radical (unpaired) electrons. The van der Waals surface area contributed by atoms with Gasteiger partial charge in [-0.2, -0.15) is 5.26 Å². The predicted molar refractivity (Wildman–Crippen MR) is 110 cm³/mol. The Morgan fingerprint density at radius 1 is 1.11 bits per heavy atom. The second kappa shape index (κ2) is 9.01. The molecule has 0 spiro atoms. The van der Waals surface area contributed by atoms with E-state index in [0.29, 0.717) is 20.8 Å². The molecule has 3 aromatic carbocycles. The number of hydrogen-bond acceptors (Lipinski definition) is 2. The first-order chi connectivity index (χ1) is 13.5. The van der Waals surface area contributed by atoms with Crippen LogP contribution in [0.5, 0.6) is 5.75 Å². The van der Waals surface area contributed by atoms with Gasteiger partial charge in [-0.25, -0.2) is 8.78 Å². The minimum Gasteiger partial charge on any atom is -0.486 e. The van der Waals surface area contributed by atoms with Crippen molar-refractivity contribution in [1.82, 2.24) is 0 Å². The Morgan fingerprint density at radius 3 is 2.46 bits per heavy atom. The zero-order valence-corrected chi connectivity index (χ0v) is 16.8. The fourth-order valence-electron chi connectivity index (χ4n) is 2.55. The summed E-state index contributed by atoms with van der Waals surface area (Å²) in [5.74, 6) is -0.366. The van der Waals surface area contributed by atoms with Crippen molar-refractivity contribution in [1.29, 1.82) is 5.26 Å². The van der Waals surface area contributed by atoms with Gasteiger partial charge in [0.2, 0.25) is 0 Å². The van der Waals surface area contributed by atoms with Gasteiger partial charge in [-0.3, -0.25) is 0 Å². The van der Waals surface area contributed by atoms with E-state index in [9.17, 15) is 14.0 Å². The third-order valence-electron chi connectivity index (χ3n) is 3.91. The van der Waals surface area contributed by atoms with Gasteiger partial charge in [-0.05, 0) is 63.5 Å². The van der Waals surface area contributed by atoms with Gasteiger partial charge in [0.15, 0.2) is 5.75 Å². The molecule has 0 saturated heterocycles. The van der Waals surface area contributed by atoms with Crippen LogP contribution in [0.1, 0.15) is 16.7 Å². The lowest BCUT2D eigenvalue weighted by Crippen LogP contribution is -1.97. The lowest BCUT2D eigenvalue weighted by atomic mass is 10.0. The van der Waals surface area contributed by atoms with Gasteiger partial charge in [-0.15, -0.1) is 0 Å². The minimum atomic E-state index is -0.472. The molecule has 140 valence electrons. The van der Waals surface area contributed by atoms with Gasteiger partial charge < -0.3 is 4.74 Å². The van der Waals surface area contributed by atoms with Crippen LogP contribution in [0.2, 0.25) is 5.02 Å². The smallest absolute Gasteiger partial charge is 0.152 e. The fourth-order valence-corrected chi connectivity index (χ4v) is 3.54. The van der Waals surface area contributed by atoms with Gasteiger partial charge in [0.25, 0.3) is 0 Å². The number of nitriles is 1. The summed E-state index contributed by atoms with van der Waals surface area (Å²) in [5, 5.41) is 9.73. The molecular formula is C22H13BrClF2NO. The molecule has 0 aliphatic rings. The number of hydrogen-bond donors (Lipinski definition) is 0. The predicted octanol–water partition coefficient (Wildman–Crippen LogP) is 7.02. The summed E-state index contributed by atoms with van der Waals surface area (Å²) in [6, 6.07) is 17.4. The summed E-state index contributed by atoms with van der Waals surface area (Å²) in [5.41, 5.74) is 1.81. The molecule has 3 aromatic rings. The number of rotatable bonds is 5. The van der Waals surface area contributed by atoms with Crippen molar-refractivity contribution in [3.05, 3.63) is 98.5 Å². The zero-order valence-electron chi connectivity index (χ0n) is 14.4. The maximum Gasteiger partial charge on any atom is 0.152 e. The van der Waals surface area contributed by atoms with E-state index < -0.39 is 5.82 Å². The van der Waals surface area contributed by atoms with Crippen molar-refractivity contribution in [2.45, 2.75) is 6.61 Å². The van der Waals surface area contributed by atoms with Crippen molar-refractivity contribution < 1.29 is 13.5 Å². The number of benzene rings is 3. The highest BCUT2D eigenvalue weighted by atomic mass is 79.9. The highest BCUT2D eigenvalue weighted by molar-refractivity contribution is 9.10. The normalized spacial score (nSPS) is 11.2. The van der Waals surface area contributed by atoms with E-state index >= 15 is 0 Å². The van der Waals surface area contributed by atoms with E-state index in [-0.39, 0.29) is 23.6 Å². The first-order valence-electron chi connectivity index (χ1n) is 8.21. The number of ether oxygens (including phenoxy) is 1. The Morgan fingerprint density at radius 2 is 1.82 bits per heavy atom. The van der Waals surface area contributed by atoms with Crippen molar-refractivity contribution in [3.8, 4) is 11.8 Å². The molecule has 28 heavy (non-hydrogen) atoms. The molecule has 0 bridgehead atoms. The molecule has 0 N–H and O–H groups in total. The van der Waals surface area contributed by atoms with Gasteiger partial charge in [0.05, 0.1) is 21.1 Å². The lowest BCUT2D eigenvalue weighted by molar-refractivity contribution is 0.304. The molecule has 0 aliphatic carbocycles. The highest BCUT2D eigenvalue weighted by Gasteiger charge is 2.12. The van der Waals surface area contributed by atoms with Crippen molar-refractivity contribution in [2.24, 2.45) is 0 Å². The first kappa shape index (κ1) is 20.1. The van der Waals surface area contributed by atoms with Crippen LogP contribution in [0.25, 0.3) is 11.6 Å². The van der Waals surface area contributed by atoms with Crippen LogP contribution in [0.15, 0.2) is 65.1 Å². The Balaban J connectivity index is 1.86. The van der Waals surface area contributed by atoms with Crippen LogP contribution in [0.4, 0.5) is 8.78 Å². The Kier molecular flexibility index (Phi) is 6.45. The van der Waals surface area contributed by atoms with E-state index in [2.05, 4.69) is 15.9 Å². The molecule has 0 amide bonds. The first-order valence-corrected chi connectivity index (χ1v) is 9.38. The van der Waals surface area contributed by atoms with Gasteiger partial charge in [-0.1, -0.05) is 41.9 Å². The average Bonchev–Trinajstić information content (AvgIpc) is 2.67. The minimum absolute atomic E-state index is 0.182. The van der Waals surface area contributed by atoms with E-state index in [1.165, 1.54) is 18.2 Å². The second-order valence-electron chi connectivity index (χ2n) is 5.88. The van der Waals surface area contributed by atoms with Gasteiger partial charge in [0.1, 0.15) is 18.2 Å². The number of allylic oxidation sites excluding steroid dienone is 1. The van der Waals surface area contributed by atoms with E-state index in [1.807, 2.05) is 6.07 Å². The SMILES string of the molecule is N#CC(=Cc1cc(Cl)c(OCc2ccc(F)cc2)c(Br)c1)c1ccccc1F. The molecule has 0 saturated carbocycles. The molecule has 0 unspecified atom stereocenters. The van der Waals surface area contributed by atoms with Crippen LogP contribution in [-0.2, 0) is 6.61 Å². The largest absolute Gasteiger partial charge is 0.486 e. The van der Waals surface area contributed by atoms with Crippen molar-refractivity contribution >= 4 is 39.2 Å². The highest BCUT2D eigenvalue weighted by Crippen LogP contribution is 2.36. The Hall–Kier alpha value is -2.68. The molecular weight excluding hydrogens is 448 g/mol.